The molecule has 0 aliphatic heterocycles. The zero-order chi connectivity index (χ0) is 33.2. The standard InChI is InChI=1S/C40H73N3O3/c1-2-3-4-5-6-7-8-11-14-17-20-23-27-32-39(45)38(37-44)42-40(46)41-33-28-24-21-18-15-12-9-10-13-16-19-22-25-29-34-43-35-30-26-31-36-43/h26-27,30-32,35-36,38-39,44-45H,2-25,28-29,33-34,37H2,1H3,(H-,41,42,46)/p+1/b32-27+/t38-,39+/m0/s1. The van der Waals surface area contributed by atoms with Crippen molar-refractivity contribution in [1.82, 2.24) is 10.6 Å². The second-order valence-electron chi connectivity index (χ2n) is 13.5. The van der Waals surface area contributed by atoms with Crippen LogP contribution >= 0.6 is 0 Å². The first-order valence-corrected chi connectivity index (χ1v) is 19.6. The van der Waals surface area contributed by atoms with Crippen molar-refractivity contribution >= 4 is 6.03 Å². The van der Waals surface area contributed by atoms with E-state index >= 15 is 0 Å². The van der Waals surface area contributed by atoms with Crippen LogP contribution in [0.25, 0.3) is 0 Å². The minimum atomic E-state index is -0.877. The van der Waals surface area contributed by atoms with E-state index in [-0.39, 0.29) is 12.6 Å². The Hall–Kier alpha value is -1.92. The fourth-order valence-electron chi connectivity index (χ4n) is 6.08. The number of allylic oxidation sites excluding steroid dienone is 1. The molecule has 266 valence electrons. The van der Waals surface area contributed by atoms with Gasteiger partial charge >= 0.3 is 6.03 Å². The number of rotatable bonds is 33. The number of nitrogens with zero attached hydrogens (tertiary/aromatic N) is 1. The van der Waals surface area contributed by atoms with Gasteiger partial charge in [-0.25, -0.2) is 9.36 Å². The van der Waals surface area contributed by atoms with E-state index in [1.54, 1.807) is 6.08 Å². The summed E-state index contributed by atoms with van der Waals surface area (Å²) >= 11 is 0. The summed E-state index contributed by atoms with van der Waals surface area (Å²) in [5.74, 6) is 0. The van der Waals surface area contributed by atoms with Crippen LogP contribution in [0, 0.1) is 0 Å². The predicted octanol–water partition coefficient (Wildman–Crippen LogP) is 9.71. The number of hydrogen-bond donors (Lipinski definition) is 4. The third kappa shape index (κ3) is 27.2. The maximum atomic E-state index is 12.2. The molecular formula is C40H74N3O3+. The first-order chi connectivity index (χ1) is 22.7. The van der Waals surface area contributed by atoms with E-state index in [0.29, 0.717) is 6.54 Å². The van der Waals surface area contributed by atoms with E-state index < -0.39 is 12.1 Å². The summed E-state index contributed by atoms with van der Waals surface area (Å²) < 4.78 is 2.28. The minimum absolute atomic E-state index is 0.286. The molecule has 4 N–H and O–H groups in total. The van der Waals surface area contributed by atoms with Gasteiger partial charge in [0.15, 0.2) is 12.4 Å². The lowest BCUT2D eigenvalue weighted by atomic mass is 10.0. The van der Waals surface area contributed by atoms with Gasteiger partial charge < -0.3 is 20.8 Å². The smallest absolute Gasteiger partial charge is 0.315 e. The number of aromatic nitrogens is 1. The number of aryl methyl sites for hydroxylation is 1. The SMILES string of the molecule is CCCCCCCCCCCCC/C=C/[C@@H](O)[C@H](CO)NC(=O)NCCCCCCCCCCCCCCCC[n+]1ccccc1. The Morgan fingerprint density at radius 2 is 1.11 bits per heavy atom. The predicted molar refractivity (Wildman–Crippen MR) is 195 cm³/mol. The largest absolute Gasteiger partial charge is 0.394 e. The third-order valence-corrected chi connectivity index (χ3v) is 9.14. The number of carbonyl (C=O) groups excluding carboxylic acids is 1. The van der Waals surface area contributed by atoms with Crippen LogP contribution in [0.5, 0.6) is 0 Å². The van der Waals surface area contributed by atoms with Crippen molar-refractivity contribution in [2.75, 3.05) is 13.2 Å². The Labute approximate surface area is 284 Å². The number of amides is 2. The first-order valence-electron chi connectivity index (χ1n) is 19.6. The number of hydrogen-bond acceptors (Lipinski definition) is 3. The molecule has 6 heteroatoms. The number of urea groups is 1. The van der Waals surface area contributed by atoms with Crippen LogP contribution in [0.1, 0.15) is 174 Å². The highest BCUT2D eigenvalue weighted by Crippen LogP contribution is 2.14. The molecule has 0 aliphatic carbocycles. The summed E-state index contributed by atoms with van der Waals surface area (Å²) in [6.45, 7) is 3.74. The lowest BCUT2D eigenvalue weighted by molar-refractivity contribution is -0.697. The summed E-state index contributed by atoms with van der Waals surface area (Å²) in [5.41, 5.74) is 0. The molecule has 0 fully saturated rings. The number of aliphatic hydroxyl groups is 2. The van der Waals surface area contributed by atoms with Gasteiger partial charge in [0.1, 0.15) is 6.54 Å². The molecule has 0 radical (unpaired) electrons. The molecule has 1 aromatic heterocycles. The zero-order valence-electron chi connectivity index (χ0n) is 30.0. The highest BCUT2D eigenvalue weighted by Gasteiger charge is 2.17. The molecule has 1 aromatic rings. The molecule has 0 saturated heterocycles. The number of nitrogens with one attached hydrogen (secondary N) is 2. The van der Waals surface area contributed by atoms with Gasteiger partial charge in [-0.15, -0.1) is 0 Å². The highest BCUT2D eigenvalue weighted by atomic mass is 16.3. The van der Waals surface area contributed by atoms with E-state index in [1.807, 2.05) is 6.08 Å². The van der Waals surface area contributed by atoms with Crippen LogP contribution in [-0.2, 0) is 6.54 Å². The summed E-state index contributed by atoms with van der Waals surface area (Å²) in [6.07, 6.45) is 40.7. The molecule has 1 heterocycles. The molecule has 2 amide bonds. The molecule has 2 atom stereocenters. The van der Waals surface area contributed by atoms with Crippen LogP contribution in [0.3, 0.4) is 0 Å². The number of aliphatic hydroxyl groups excluding tert-OH is 2. The van der Waals surface area contributed by atoms with Gasteiger partial charge in [0.2, 0.25) is 0 Å². The van der Waals surface area contributed by atoms with Gasteiger partial charge in [0, 0.05) is 25.1 Å². The molecule has 0 aromatic carbocycles. The Kier molecular flexibility index (Phi) is 30.2. The van der Waals surface area contributed by atoms with Crippen molar-refractivity contribution in [3.8, 4) is 0 Å². The van der Waals surface area contributed by atoms with Crippen molar-refractivity contribution in [2.24, 2.45) is 0 Å². The van der Waals surface area contributed by atoms with Gasteiger partial charge in [-0.2, -0.15) is 0 Å². The molecule has 46 heavy (non-hydrogen) atoms. The molecule has 6 nitrogen and oxygen atoms in total. The van der Waals surface area contributed by atoms with Crippen molar-refractivity contribution in [3.63, 3.8) is 0 Å². The Morgan fingerprint density at radius 1 is 0.652 bits per heavy atom. The van der Waals surface area contributed by atoms with Crippen LogP contribution in [0.15, 0.2) is 42.7 Å². The van der Waals surface area contributed by atoms with Gasteiger partial charge in [-0.3, -0.25) is 0 Å². The first kappa shape index (κ1) is 42.1. The molecule has 1 rings (SSSR count). The van der Waals surface area contributed by atoms with Crippen LogP contribution in [-0.4, -0.2) is 41.5 Å². The summed E-state index contributed by atoms with van der Waals surface area (Å²) in [4.78, 5) is 12.2. The number of carbonyl (C=O) groups is 1. The minimum Gasteiger partial charge on any atom is -0.394 e. The zero-order valence-corrected chi connectivity index (χ0v) is 30.0. The molecular weight excluding hydrogens is 570 g/mol. The van der Waals surface area contributed by atoms with Crippen molar-refractivity contribution < 1.29 is 19.6 Å². The fourth-order valence-corrected chi connectivity index (χ4v) is 6.08. The lowest BCUT2D eigenvalue weighted by Crippen LogP contribution is -2.49. The van der Waals surface area contributed by atoms with E-state index in [9.17, 15) is 15.0 Å². The second kappa shape index (κ2) is 33.0. The van der Waals surface area contributed by atoms with Crippen molar-refractivity contribution in [2.45, 2.75) is 193 Å². The quantitative estimate of drug-likeness (QED) is 0.0349. The number of unbranched alkanes of at least 4 members (excludes halogenated alkanes) is 24. The van der Waals surface area contributed by atoms with Crippen LogP contribution < -0.4 is 15.2 Å². The maximum Gasteiger partial charge on any atom is 0.315 e. The van der Waals surface area contributed by atoms with E-state index in [1.165, 1.54) is 141 Å². The maximum absolute atomic E-state index is 12.2. The summed E-state index contributed by atoms with van der Waals surface area (Å²) in [7, 11) is 0. The Balaban J connectivity index is 1.86. The molecule has 0 aliphatic rings. The number of pyridine rings is 1. The molecule has 0 spiro atoms. The van der Waals surface area contributed by atoms with Gasteiger partial charge in [-0.05, 0) is 25.7 Å². The van der Waals surface area contributed by atoms with Gasteiger partial charge in [0.25, 0.3) is 0 Å². The van der Waals surface area contributed by atoms with E-state index in [2.05, 4.69) is 52.7 Å². The average molecular weight is 645 g/mol. The van der Waals surface area contributed by atoms with Crippen LogP contribution in [0.4, 0.5) is 4.79 Å². The van der Waals surface area contributed by atoms with Crippen molar-refractivity contribution in [1.29, 1.82) is 0 Å². The second-order valence-corrected chi connectivity index (χ2v) is 13.5. The topological polar surface area (TPSA) is 85.5 Å². The molecule has 0 bridgehead atoms. The van der Waals surface area contributed by atoms with Gasteiger partial charge in [-0.1, -0.05) is 160 Å². The highest BCUT2D eigenvalue weighted by molar-refractivity contribution is 5.74. The van der Waals surface area contributed by atoms with Crippen molar-refractivity contribution in [3.05, 3.63) is 42.7 Å². The molecule has 0 unspecified atom stereocenters. The normalized spacial score (nSPS) is 12.8. The Bertz CT molecular complexity index is 804. The Morgan fingerprint density at radius 3 is 1.61 bits per heavy atom. The monoisotopic (exact) mass is 645 g/mol. The average Bonchev–Trinajstić information content (AvgIpc) is 3.07. The van der Waals surface area contributed by atoms with Crippen LogP contribution in [0.2, 0.25) is 0 Å². The van der Waals surface area contributed by atoms with E-state index in [4.69, 9.17) is 0 Å². The fraction of sp³-hybridized carbons (Fsp3) is 0.800. The van der Waals surface area contributed by atoms with E-state index in [0.717, 1.165) is 32.2 Å². The van der Waals surface area contributed by atoms with Gasteiger partial charge in [0.05, 0.1) is 18.8 Å². The molecule has 0 saturated carbocycles. The summed E-state index contributed by atoms with van der Waals surface area (Å²) in [5, 5.41) is 25.6. The third-order valence-electron chi connectivity index (χ3n) is 9.14. The lowest BCUT2D eigenvalue weighted by Gasteiger charge is -2.20. The summed E-state index contributed by atoms with van der Waals surface area (Å²) in [6, 6.07) is 5.27.